The van der Waals surface area contributed by atoms with E-state index in [1.165, 1.54) is 25.3 Å². The third kappa shape index (κ3) is 4.53. The Hall–Kier alpha value is -3.42. The third-order valence-electron chi connectivity index (χ3n) is 2.66. The molecule has 0 aliphatic rings. The maximum Gasteiger partial charge on any atom is 0.335 e. The van der Waals surface area contributed by atoms with Gasteiger partial charge in [0.15, 0.2) is 28.7 Å². The van der Waals surface area contributed by atoms with Crippen LogP contribution in [0.25, 0.3) is 0 Å². The van der Waals surface area contributed by atoms with Gasteiger partial charge in [-0.25, -0.2) is 4.79 Å². The summed E-state index contributed by atoms with van der Waals surface area (Å²) in [5, 5.41) is 44.0. The molecule has 0 radical (unpaired) electrons. The predicted octanol–water partition coefficient (Wildman–Crippen LogP) is 1.71. The molecule has 8 nitrogen and oxygen atoms in total. The Bertz CT molecular complexity index is 700. The number of hydrogen-bond donors (Lipinski definition) is 5. The molecule has 23 heavy (non-hydrogen) atoms. The van der Waals surface area contributed by atoms with E-state index in [1.54, 1.807) is 0 Å². The number of aromatic carboxylic acids is 1. The van der Waals surface area contributed by atoms with Gasteiger partial charge in [0.25, 0.3) is 0 Å². The Balaban J connectivity index is 0.000000231. The lowest BCUT2D eigenvalue weighted by Gasteiger charge is -2.01. The molecule has 0 spiro atoms. The Morgan fingerprint density at radius 3 is 2.00 bits per heavy atom. The van der Waals surface area contributed by atoms with Gasteiger partial charge in [-0.2, -0.15) is 0 Å². The van der Waals surface area contributed by atoms with Gasteiger partial charge in [-0.1, -0.05) is 0 Å². The molecule has 0 saturated heterocycles. The largest absolute Gasteiger partial charge is 0.504 e. The van der Waals surface area contributed by atoms with Crippen LogP contribution in [-0.4, -0.2) is 44.9 Å². The lowest BCUT2D eigenvalue weighted by Crippen LogP contribution is -1.95. The Labute approximate surface area is 130 Å². The molecule has 0 bridgehead atoms. The minimum atomic E-state index is -1.29. The monoisotopic (exact) mass is 322 g/mol. The van der Waals surface area contributed by atoms with Crippen LogP contribution < -0.4 is 4.74 Å². The molecule has 2 rings (SSSR count). The average Bonchev–Trinajstić information content (AvgIpc) is 2.53. The molecular formula is C15H14O8. The number of benzene rings is 2. The van der Waals surface area contributed by atoms with Crippen LogP contribution in [0.2, 0.25) is 0 Å². The van der Waals surface area contributed by atoms with Gasteiger partial charge in [0.1, 0.15) is 6.29 Å². The molecule has 0 atom stereocenters. The highest BCUT2D eigenvalue weighted by Crippen LogP contribution is 2.35. The molecule has 2 aromatic carbocycles. The van der Waals surface area contributed by atoms with Gasteiger partial charge in [0.2, 0.25) is 0 Å². The fourth-order valence-corrected chi connectivity index (χ4v) is 1.50. The van der Waals surface area contributed by atoms with Crippen molar-refractivity contribution in [3.8, 4) is 28.7 Å². The van der Waals surface area contributed by atoms with Gasteiger partial charge in [-0.05, 0) is 30.3 Å². The highest BCUT2D eigenvalue weighted by Gasteiger charge is 2.11. The van der Waals surface area contributed by atoms with Crippen molar-refractivity contribution in [1.82, 2.24) is 0 Å². The Morgan fingerprint density at radius 2 is 1.57 bits per heavy atom. The summed E-state index contributed by atoms with van der Waals surface area (Å²) in [6, 6.07) is 6.10. The Kier molecular flexibility index (Phi) is 5.79. The van der Waals surface area contributed by atoms with Gasteiger partial charge in [0.05, 0.1) is 12.7 Å². The van der Waals surface area contributed by atoms with Crippen LogP contribution in [0.15, 0.2) is 30.3 Å². The lowest BCUT2D eigenvalue weighted by molar-refractivity contribution is 0.0695. The minimum absolute atomic E-state index is 0.0399. The number of phenolic OH excluding ortho intramolecular Hbond substituents is 4. The van der Waals surface area contributed by atoms with E-state index in [4.69, 9.17) is 30.3 Å². The summed E-state index contributed by atoms with van der Waals surface area (Å²) in [5.74, 6) is -2.98. The molecule has 0 saturated carbocycles. The van der Waals surface area contributed by atoms with Crippen molar-refractivity contribution in [3.63, 3.8) is 0 Å². The predicted molar refractivity (Wildman–Crippen MR) is 78.4 cm³/mol. The highest BCUT2D eigenvalue weighted by atomic mass is 16.5. The van der Waals surface area contributed by atoms with E-state index in [1.807, 2.05) is 0 Å². The van der Waals surface area contributed by atoms with Crippen LogP contribution in [0.5, 0.6) is 28.7 Å². The van der Waals surface area contributed by atoms with E-state index < -0.39 is 23.2 Å². The summed E-state index contributed by atoms with van der Waals surface area (Å²) >= 11 is 0. The molecule has 0 aliphatic carbocycles. The third-order valence-corrected chi connectivity index (χ3v) is 2.66. The van der Waals surface area contributed by atoms with Crippen molar-refractivity contribution in [1.29, 1.82) is 0 Å². The first-order valence-electron chi connectivity index (χ1n) is 6.10. The van der Waals surface area contributed by atoms with Crippen LogP contribution in [-0.2, 0) is 0 Å². The number of rotatable bonds is 3. The van der Waals surface area contributed by atoms with E-state index in [0.717, 1.165) is 12.1 Å². The number of carboxylic acids is 1. The zero-order chi connectivity index (χ0) is 17.6. The van der Waals surface area contributed by atoms with Gasteiger partial charge >= 0.3 is 5.97 Å². The van der Waals surface area contributed by atoms with Crippen molar-refractivity contribution in [2.24, 2.45) is 0 Å². The second-order valence-corrected chi connectivity index (χ2v) is 4.22. The van der Waals surface area contributed by atoms with Gasteiger partial charge in [0, 0.05) is 5.56 Å². The first-order chi connectivity index (χ1) is 10.8. The minimum Gasteiger partial charge on any atom is -0.504 e. The Morgan fingerprint density at radius 1 is 1.00 bits per heavy atom. The number of aldehydes is 1. The van der Waals surface area contributed by atoms with Crippen LogP contribution in [0.1, 0.15) is 20.7 Å². The lowest BCUT2D eigenvalue weighted by atomic mass is 10.2. The van der Waals surface area contributed by atoms with Crippen molar-refractivity contribution in [3.05, 3.63) is 41.5 Å². The number of carbonyl (C=O) groups is 2. The van der Waals surface area contributed by atoms with Gasteiger partial charge in [-0.15, -0.1) is 0 Å². The van der Waals surface area contributed by atoms with Crippen molar-refractivity contribution in [2.75, 3.05) is 7.11 Å². The summed E-state index contributed by atoms with van der Waals surface area (Å²) < 4.78 is 4.78. The number of ether oxygens (including phenoxy) is 1. The molecule has 8 heteroatoms. The van der Waals surface area contributed by atoms with Crippen LogP contribution >= 0.6 is 0 Å². The zero-order valence-electron chi connectivity index (χ0n) is 11.9. The van der Waals surface area contributed by atoms with Crippen LogP contribution in [0, 0.1) is 0 Å². The molecule has 122 valence electrons. The fraction of sp³-hybridized carbons (Fsp3) is 0.0667. The maximum atomic E-state index is 10.3. The van der Waals surface area contributed by atoms with E-state index in [2.05, 4.69) is 0 Å². The summed E-state index contributed by atoms with van der Waals surface area (Å²) in [6.07, 6.45) is 0.696. The SMILES string of the molecule is COc1cc(C=O)ccc1O.O=C(O)c1cc(O)c(O)c(O)c1. The fourth-order valence-electron chi connectivity index (χ4n) is 1.50. The summed E-state index contributed by atoms with van der Waals surface area (Å²) in [5.41, 5.74) is 0.197. The smallest absolute Gasteiger partial charge is 0.335 e. The highest BCUT2D eigenvalue weighted by molar-refractivity contribution is 5.89. The van der Waals surface area contributed by atoms with E-state index in [-0.39, 0.29) is 11.3 Å². The van der Waals surface area contributed by atoms with Crippen LogP contribution in [0.4, 0.5) is 0 Å². The molecule has 0 fully saturated rings. The van der Waals surface area contributed by atoms with Crippen LogP contribution in [0.3, 0.4) is 0 Å². The van der Waals surface area contributed by atoms with E-state index in [9.17, 15) is 9.59 Å². The first-order valence-corrected chi connectivity index (χ1v) is 6.10. The number of phenols is 4. The number of carbonyl (C=O) groups excluding carboxylic acids is 1. The van der Waals surface area contributed by atoms with E-state index in [0.29, 0.717) is 17.6 Å². The molecular weight excluding hydrogens is 308 g/mol. The number of methoxy groups -OCH3 is 1. The number of hydrogen-bond acceptors (Lipinski definition) is 7. The normalized spacial score (nSPS) is 9.43. The van der Waals surface area contributed by atoms with Crippen molar-refractivity contribution < 1.29 is 39.9 Å². The summed E-state index contributed by atoms with van der Waals surface area (Å²) in [6.45, 7) is 0. The number of aromatic hydroxyl groups is 4. The summed E-state index contributed by atoms with van der Waals surface area (Å²) in [4.78, 5) is 20.6. The second kappa shape index (κ2) is 7.55. The van der Waals surface area contributed by atoms with Gasteiger partial charge < -0.3 is 30.3 Å². The van der Waals surface area contributed by atoms with Gasteiger partial charge in [-0.3, -0.25) is 4.79 Å². The zero-order valence-corrected chi connectivity index (χ0v) is 11.9. The molecule has 0 aromatic heterocycles. The quantitative estimate of drug-likeness (QED) is 0.424. The van der Waals surface area contributed by atoms with Crippen molar-refractivity contribution in [2.45, 2.75) is 0 Å². The number of carboxylic acid groups (broad SMARTS) is 1. The van der Waals surface area contributed by atoms with Crippen molar-refractivity contribution >= 4 is 12.3 Å². The second-order valence-electron chi connectivity index (χ2n) is 4.22. The molecule has 0 aliphatic heterocycles. The first kappa shape index (κ1) is 17.6. The standard InChI is InChI=1S/C8H8O3.C7H6O5/c1-11-8-4-6(5-9)2-3-7(8)10;8-4-1-3(7(11)12)2-5(9)6(4)10/h2-5,10H,1H3;1-2,8-10H,(H,11,12). The molecule has 2 aromatic rings. The maximum absolute atomic E-state index is 10.3. The van der Waals surface area contributed by atoms with E-state index >= 15 is 0 Å². The molecule has 0 heterocycles. The topological polar surface area (TPSA) is 145 Å². The molecule has 0 unspecified atom stereocenters. The molecule has 0 amide bonds. The summed E-state index contributed by atoms with van der Waals surface area (Å²) in [7, 11) is 1.43. The average molecular weight is 322 g/mol. The molecule has 5 N–H and O–H groups in total.